The van der Waals surface area contributed by atoms with E-state index in [1.165, 1.54) is 4.90 Å². The molecule has 0 aliphatic carbocycles. The Kier molecular flexibility index (Phi) is 7.73. The third kappa shape index (κ3) is 5.93. The largest absolute Gasteiger partial charge is 0.497 e. The van der Waals surface area contributed by atoms with Crippen LogP contribution in [0, 0.1) is 5.92 Å². The zero-order valence-electron chi connectivity index (χ0n) is 21.5. The van der Waals surface area contributed by atoms with Crippen LogP contribution in [0.3, 0.4) is 0 Å². The molecular weight excluding hydrogens is 446 g/mol. The van der Waals surface area contributed by atoms with Crippen molar-refractivity contribution in [3.63, 3.8) is 0 Å². The van der Waals surface area contributed by atoms with E-state index in [1.807, 2.05) is 50.2 Å². The molecule has 188 valence electrons. The number of amides is 2. The Morgan fingerprint density at radius 2 is 1.77 bits per heavy atom. The third-order valence-corrected chi connectivity index (χ3v) is 5.54. The summed E-state index contributed by atoms with van der Waals surface area (Å²) in [6.07, 6.45) is -0.199. The predicted molar refractivity (Wildman–Crippen MR) is 134 cm³/mol. The number of nitrogens with one attached hydrogen (secondary N) is 1. The molecule has 35 heavy (non-hydrogen) atoms. The van der Waals surface area contributed by atoms with Crippen molar-refractivity contribution in [1.29, 1.82) is 0 Å². The normalized spacial score (nSPS) is 17.9. The molecule has 2 aromatic rings. The van der Waals surface area contributed by atoms with Crippen LogP contribution in [0.2, 0.25) is 0 Å². The highest BCUT2D eigenvalue weighted by molar-refractivity contribution is 6.11. The topological polar surface area (TPSA) is 89.5 Å². The van der Waals surface area contributed by atoms with E-state index in [1.54, 1.807) is 47.1 Å². The van der Waals surface area contributed by atoms with Crippen molar-refractivity contribution in [1.82, 2.24) is 10.2 Å². The summed E-state index contributed by atoms with van der Waals surface area (Å²) in [7, 11) is 3.14. The molecule has 0 aromatic heterocycles. The summed E-state index contributed by atoms with van der Waals surface area (Å²) < 4.78 is 16.3. The van der Waals surface area contributed by atoms with Gasteiger partial charge in [-0.3, -0.25) is 15.0 Å². The number of hydrogen-bond donors (Lipinski definition) is 1. The van der Waals surface area contributed by atoms with Crippen molar-refractivity contribution < 1.29 is 23.8 Å². The third-order valence-electron chi connectivity index (χ3n) is 5.54. The Hall–Kier alpha value is -3.55. The molecule has 0 spiro atoms. The van der Waals surface area contributed by atoms with E-state index in [2.05, 4.69) is 5.32 Å². The highest BCUT2D eigenvalue weighted by Crippen LogP contribution is 2.40. The van der Waals surface area contributed by atoms with Gasteiger partial charge in [0.1, 0.15) is 17.1 Å². The maximum absolute atomic E-state index is 14.1. The first-order valence-electron chi connectivity index (χ1n) is 11.7. The molecule has 2 aromatic carbocycles. The maximum atomic E-state index is 14.1. The number of guanidine groups is 1. The van der Waals surface area contributed by atoms with E-state index in [4.69, 9.17) is 19.2 Å². The molecule has 0 unspecified atom stereocenters. The molecule has 0 radical (unpaired) electrons. The van der Waals surface area contributed by atoms with Crippen LogP contribution >= 0.6 is 0 Å². The highest BCUT2D eigenvalue weighted by atomic mass is 16.6. The van der Waals surface area contributed by atoms with Gasteiger partial charge >= 0.3 is 6.09 Å². The number of carbonyl (C=O) groups excluding carboxylic acids is 2. The van der Waals surface area contributed by atoms with Gasteiger partial charge in [-0.1, -0.05) is 44.2 Å². The summed E-state index contributed by atoms with van der Waals surface area (Å²) in [6.45, 7) is 9.57. The van der Waals surface area contributed by atoms with Crippen LogP contribution in [0.5, 0.6) is 11.5 Å². The van der Waals surface area contributed by atoms with E-state index in [-0.39, 0.29) is 24.3 Å². The summed E-state index contributed by atoms with van der Waals surface area (Å²) in [5.41, 5.74) is -0.356. The molecule has 3 rings (SSSR count). The molecule has 8 heteroatoms. The quantitative estimate of drug-likeness (QED) is 0.610. The van der Waals surface area contributed by atoms with Crippen molar-refractivity contribution in [2.24, 2.45) is 10.9 Å². The van der Waals surface area contributed by atoms with Gasteiger partial charge in [-0.15, -0.1) is 0 Å². The van der Waals surface area contributed by atoms with Crippen LogP contribution < -0.4 is 14.8 Å². The average molecular weight is 482 g/mol. The molecule has 1 N–H and O–H groups in total. The van der Waals surface area contributed by atoms with E-state index < -0.39 is 17.2 Å². The molecule has 1 heterocycles. The number of rotatable bonds is 7. The first kappa shape index (κ1) is 26.1. The lowest BCUT2D eigenvalue weighted by atomic mass is 9.82. The molecule has 2 amide bonds. The summed E-state index contributed by atoms with van der Waals surface area (Å²) in [5.74, 6) is 1.29. The smallest absolute Gasteiger partial charge is 0.414 e. The Balaban J connectivity index is 2.07. The number of nitrogens with zero attached hydrogens (tertiary/aromatic N) is 2. The second-order valence-electron chi connectivity index (χ2n) is 9.96. The van der Waals surface area contributed by atoms with Gasteiger partial charge in [0.25, 0.3) is 5.91 Å². The fourth-order valence-electron chi connectivity index (χ4n) is 4.14. The van der Waals surface area contributed by atoms with Gasteiger partial charge in [-0.05, 0) is 50.8 Å². The van der Waals surface area contributed by atoms with Crippen molar-refractivity contribution in [3.05, 3.63) is 59.7 Å². The SMILES string of the molecule is COc1ccc(CN2C(=O)[C@@](CC(C)C)(c3ccccc3)N=C2NC(=O)OC(C)(C)C)c(OC)c1. The zero-order valence-corrected chi connectivity index (χ0v) is 21.5. The second-order valence-corrected chi connectivity index (χ2v) is 9.96. The van der Waals surface area contributed by atoms with Crippen LogP contribution in [-0.2, 0) is 21.6 Å². The lowest BCUT2D eigenvalue weighted by Crippen LogP contribution is -2.47. The van der Waals surface area contributed by atoms with E-state index in [0.29, 0.717) is 17.9 Å². The Bertz CT molecular complexity index is 1090. The summed E-state index contributed by atoms with van der Waals surface area (Å²) in [4.78, 5) is 33.2. The van der Waals surface area contributed by atoms with Crippen LogP contribution in [0.25, 0.3) is 0 Å². The summed E-state index contributed by atoms with van der Waals surface area (Å²) in [5, 5.41) is 2.72. The molecule has 1 aliphatic heterocycles. The average Bonchev–Trinajstić information content (AvgIpc) is 3.04. The highest BCUT2D eigenvalue weighted by Gasteiger charge is 2.50. The van der Waals surface area contributed by atoms with Crippen LogP contribution in [0.4, 0.5) is 4.79 Å². The van der Waals surface area contributed by atoms with Crippen molar-refractivity contribution in [2.45, 2.75) is 58.7 Å². The Morgan fingerprint density at radius 1 is 1.09 bits per heavy atom. The first-order valence-corrected chi connectivity index (χ1v) is 11.7. The lowest BCUT2D eigenvalue weighted by Gasteiger charge is -2.28. The number of hydrogen-bond acceptors (Lipinski definition) is 6. The van der Waals surface area contributed by atoms with E-state index in [9.17, 15) is 9.59 Å². The van der Waals surface area contributed by atoms with Gasteiger partial charge < -0.3 is 14.2 Å². The number of benzene rings is 2. The minimum absolute atomic E-state index is 0.145. The second kappa shape index (κ2) is 10.4. The summed E-state index contributed by atoms with van der Waals surface area (Å²) >= 11 is 0. The zero-order chi connectivity index (χ0) is 25.8. The van der Waals surface area contributed by atoms with Crippen molar-refractivity contribution >= 4 is 18.0 Å². The fourth-order valence-corrected chi connectivity index (χ4v) is 4.14. The number of alkyl carbamates (subject to hydrolysis) is 1. The van der Waals surface area contributed by atoms with Crippen molar-refractivity contribution in [2.75, 3.05) is 14.2 Å². The van der Waals surface area contributed by atoms with Gasteiger partial charge in [0.05, 0.1) is 20.8 Å². The van der Waals surface area contributed by atoms with Crippen LogP contribution in [0.15, 0.2) is 53.5 Å². The van der Waals surface area contributed by atoms with E-state index >= 15 is 0 Å². The Labute approximate surface area is 207 Å². The lowest BCUT2D eigenvalue weighted by molar-refractivity contribution is -0.132. The molecule has 0 saturated heterocycles. The van der Waals surface area contributed by atoms with Crippen molar-refractivity contribution in [3.8, 4) is 11.5 Å². The van der Waals surface area contributed by atoms with Gasteiger partial charge in [-0.25, -0.2) is 9.79 Å². The van der Waals surface area contributed by atoms with Crippen LogP contribution in [-0.4, -0.2) is 42.7 Å². The summed E-state index contributed by atoms with van der Waals surface area (Å²) in [6, 6.07) is 14.9. The van der Waals surface area contributed by atoms with Gasteiger partial charge in [-0.2, -0.15) is 0 Å². The molecule has 0 saturated carbocycles. The molecular formula is C27H35N3O5. The molecule has 0 fully saturated rings. The molecule has 8 nitrogen and oxygen atoms in total. The fraction of sp³-hybridized carbons (Fsp3) is 0.444. The van der Waals surface area contributed by atoms with Crippen LogP contribution in [0.1, 0.15) is 52.2 Å². The minimum Gasteiger partial charge on any atom is -0.497 e. The maximum Gasteiger partial charge on any atom is 0.414 e. The first-order chi connectivity index (χ1) is 16.5. The minimum atomic E-state index is -1.17. The number of carbonyl (C=O) groups is 2. The predicted octanol–water partition coefficient (Wildman–Crippen LogP) is 4.87. The number of ether oxygens (including phenoxy) is 3. The van der Waals surface area contributed by atoms with Gasteiger partial charge in [0, 0.05) is 11.6 Å². The molecule has 1 aliphatic rings. The van der Waals surface area contributed by atoms with Gasteiger partial charge in [0.15, 0.2) is 5.54 Å². The number of aliphatic imine (C=N–C) groups is 1. The Morgan fingerprint density at radius 3 is 2.34 bits per heavy atom. The monoisotopic (exact) mass is 481 g/mol. The molecule has 1 atom stereocenters. The van der Waals surface area contributed by atoms with E-state index in [0.717, 1.165) is 11.1 Å². The standard InChI is InChI=1S/C27H35N3O5/c1-18(2)16-27(20-11-9-8-10-12-20)23(31)30(24(29-27)28-25(32)35-26(3,4)5)17-19-13-14-21(33-6)15-22(19)34-7/h8-15,18H,16-17H2,1-7H3,(H,28,29,32)/t27-/m1/s1. The van der Waals surface area contributed by atoms with Gasteiger partial charge in [0.2, 0.25) is 5.96 Å². The number of methoxy groups -OCH3 is 2. The molecule has 0 bridgehead atoms.